The number of carbonyl (C=O) groups excluding carboxylic acids is 1. The Labute approximate surface area is 176 Å². The topological polar surface area (TPSA) is 69.8 Å². The first-order valence-corrected chi connectivity index (χ1v) is 11.2. The second-order valence-electron chi connectivity index (χ2n) is 9.80. The fourth-order valence-corrected chi connectivity index (χ4v) is 6.67. The van der Waals surface area contributed by atoms with Gasteiger partial charge in [0, 0.05) is 24.0 Å². The van der Waals surface area contributed by atoms with Gasteiger partial charge in [-0.1, -0.05) is 0 Å². The summed E-state index contributed by atoms with van der Waals surface area (Å²) in [6, 6.07) is 14.2. The summed E-state index contributed by atoms with van der Waals surface area (Å²) in [6.45, 7) is 0. The summed E-state index contributed by atoms with van der Waals surface area (Å²) >= 11 is 0. The van der Waals surface area contributed by atoms with Crippen LogP contribution in [0.5, 0.6) is 0 Å². The van der Waals surface area contributed by atoms with Crippen molar-refractivity contribution in [2.75, 3.05) is 17.7 Å². The molecule has 4 aliphatic rings. The second-order valence-corrected chi connectivity index (χ2v) is 9.80. The number of carbonyl (C=O) groups is 1. The lowest BCUT2D eigenvalue weighted by Gasteiger charge is -2.55. The summed E-state index contributed by atoms with van der Waals surface area (Å²) in [4.78, 5) is 21.5. The molecule has 0 saturated heterocycles. The van der Waals surface area contributed by atoms with Crippen molar-refractivity contribution >= 4 is 28.3 Å². The molecule has 1 aromatic heterocycles. The monoisotopic (exact) mass is 400 g/mol. The number of nitrogens with one attached hydrogen (secondary N) is 3. The minimum absolute atomic E-state index is 0.127. The Balaban J connectivity index is 1.24. The van der Waals surface area contributed by atoms with Gasteiger partial charge >= 0.3 is 0 Å². The van der Waals surface area contributed by atoms with Gasteiger partial charge in [0.25, 0.3) is 0 Å². The van der Waals surface area contributed by atoms with Crippen LogP contribution in [0.4, 0.5) is 11.4 Å². The second kappa shape index (κ2) is 6.59. The molecule has 3 N–H and O–H groups in total. The van der Waals surface area contributed by atoms with Crippen LogP contribution in [0.1, 0.15) is 38.5 Å². The van der Waals surface area contributed by atoms with Crippen molar-refractivity contribution in [3.8, 4) is 11.4 Å². The van der Waals surface area contributed by atoms with E-state index in [0.717, 1.165) is 70.8 Å². The van der Waals surface area contributed by atoms with Crippen LogP contribution in [-0.2, 0) is 4.79 Å². The van der Waals surface area contributed by atoms with Crippen molar-refractivity contribution in [2.45, 2.75) is 38.5 Å². The van der Waals surface area contributed by atoms with E-state index >= 15 is 0 Å². The normalized spacial score (nSPS) is 29.3. The number of nitrogens with zero attached hydrogens (tertiary/aromatic N) is 1. The van der Waals surface area contributed by atoms with Crippen molar-refractivity contribution in [3.05, 3.63) is 42.5 Å². The molecule has 4 bridgehead atoms. The standard InChI is InChI=1S/C25H28N4O/c1-26-19-4-2-18(3-5-19)23-28-21-7-6-20(11-22(21)29-23)27-24(30)25-12-15-8-16(13-25)10-17(9-15)14-25/h2-7,11,15-17,26H,8-10,12-14H2,1H3,(H,27,30)(H,28,29). The number of imidazole rings is 1. The van der Waals surface area contributed by atoms with Crippen LogP contribution in [0.3, 0.4) is 0 Å². The van der Waals surface area contributed by atoms with Crippen molar-refractivity contribution < 1.29 is 4.79 Å². The fraction of sp³-hybridized carbons (Fsp3) is 0.440. The first-order valence-electron chi connectivity index (χ1n) is 11.2. The van der Waals surface area contributed by atoms with E-state index < -0.39 is 0 Å². The first kappa shape index (κ1) is 18.0. The molecular formula is C25H28N4O. The molecule has 154 valence electrons. The molecule has 0 atom stereocenters. The van der Waals surface area contributed by atoms with Gasteiger partial charge in [0.1, 0.15) is 5.82 Å². The van der Waals surface area contributed by atoms with Gasteiger partial charge in [0.05, 0.1) is 16.4 Å². The van der Waals surface area contributed by atoms with Crippen LogP contribution in [0.2, 0.25) is 0 Å². The molecule has 4 saturated carbocycles. The Morgan fingerprint density at radius 1 is 0.967 bits per heavy atom. The highest BCUT2D eigenvalue weighted by molar-refractivity contribution is 5.97. The Kier molecular flexibility index (Phi) is 3.95. The lowest BCUT2D eigenvalue weighted by molar-refractivity contribution is -0.140. The summed E-state index contributed by atoms with van der Waals surface area (Å²) in [5.74, 6) is 3.40. The zero-order valence-corrected chi connectivity index (χ0v) is 17.4. The van der Waals surface area contributed by atoms with Gasteiger partial charge in [-0.05, 0) is 98.7 Å². The van der Waals surface area contributed by atoms with E-state index in [-0.39, 0.29) is 11.3 Å². The third-order valence-corrected chi connectivity index (χ3v) is 7.71. The lowest BCUT2D eigenvalue weighted by atomic mass is 9.49. The Morgan fingerprint density at radius 3 is 2.23 bits per heavy atom. The molecule has 2 aromatic carbocycles. The summed E-state index contributed by atoms with van der Waals surface area (Å²) in [7, 11) is 1.91. The van der Waals surface area contributed by atoms with E-state index in [0.29, 0.717) is 0 Å². The molecule has 5 heteroatoms. The van der Waals surface area contributed by atoms with Gasteiger partial charge in [-0.15, -0.1) is 0 Å². The summed E-state index contributed by atoms with van der Waals surface area (Å²) in [5.41, 5.74) is 4.72. The highest BCUT2D eigenvalue weighted by Crippen LogP contribution is 2.60. The molecule has 0 spiro atoms. The van der Waals surface area contributed by atoms with E-state index in [4.69, 9.17) is 4.98 Å². The maximum atomic E-state index is 13.3. The van der Waals surface area contributed by atoms with Crippen LogP contribution in [0, 0.1) is 23.2 Å². The zero-order chi connectivity index (χ0) is 20.3. The highest BCUT2D eigenvalue weighted by Gasteiger charge is 2.54. The van der Waals surface area contributed by atoms with Crippen molar-refractivity contribution in [1.29, 1.82) is 0 Å². The van der Waals surface area contributed by atoms with Crippen LogP contribution >= 0.6 is 0 Å². The van der Waals surface area contributed by atoms with Gasteiger partial charge < -0.3 is 15.6 Å². The maximum Gasteiger partial charge on any atom is 0.230 e. The number of rotatable bonds is 4. The number of anilines is 2. The summed E-state index contributed by atoms with van der Waals surface area (Å²) in [6.07, 6.45) is 7.32. The number of aromatic nitrogens is 2. The average molecular weight is 401 g/mol. The van der Waals surface area contributed by atoms with Gasteiger partial charge in [-0.25, -0.2) is 4.98 Å². The molecule has 3 aromatic rings. The number of H-pyrrole nitrogens is 1. The van der Waals surface area contributed by atoms with E-state index in [1.165, 1.54) is 19.3 Å². The molecule has 30 heavy (non-hydrogen) atoms. The molecule has 5 nitrogen and oxygen atoms in total. The quantitative estimate of drug-likeness (QED) is 0.547. The molecule has 4 aliphatic carbocycles. The average Bonchev–Trinajstić information content (AvgIpc) is 3.16. The molecule has 1 heterocycles. The summed E-state index contributed by atoms with van der Waals surface area (Å²) < 4.78 is 0. The van der Waals surface area contributed by atoms with E-state index in [1.807, 2.05) is 37.4 Å². The van der Waals surface area contributed by atoms with Gasteiger partial charge in [-0.3, -0.25) is 4.79 Å². The van der Waals surface area contributed by atoms with E-state index in [1.54, 1.807) is 0 Å². The lowest BCUT2D eigenvalue weighted by Crippen LogP contribution is -2.51. The third-order valence-electron chi connectivity index (χ3n) is 7.71. The summed E-state index contributed by atoms with van der Waals surface area (Å²) in [5, 5.41) is 6.39. The van der Waals surface area contributed by atoms with Crippen molar-refractivity contribution in [1.82, 2.24) is 9.97 Å². The van der Waals surface area contributed by atoms with Crippen molar-refractivity contribution in [2.24, 2.45) is 23.2 Å². The predicted molar refractivity (Wildman–Crippen MR) is 120 cm³/mol. The van der Waals surface area contributed by atoms with Gasteiger partial charge in [0.15, 0.2) is 0 Å². The van der Waals surface area contributed by atoms with Crippen molar-refractivity contribution in [3.63, 3.8) is 0 Å². The Morgan fingerprint density at radius 2 is 1.60 bits per heavy atom. The molecule has 0 aliphatic heterocycles. The molecule has 4 fully saturated rings. The number of aromatic amines is 1. The van der Waals surface area contributed by atoms with Crippen LogP contribution < -0.4 is 10.6 Å². The number of benzene rings is 2. The van der Waals surface area contributed by atoms with Gasteiger partial charge in [0.2, 0.25) is 5.91 Å². The molecule has 1 amide bonds. The Bertz CT molecular complexity index is 1080. The molecule has 0 radical (unpaired) electrons. The number of hydrogen-bond donors (Lipinski definition) is 3. The molecular weight excluding hydrogens is 372 g/mol. The smallest absolute Gasteiger partial charge is 0.230 e. The fourth-order valence-electron chi connectivity index (χ4n) is 6.67. The zero-order valence-electron chi connectivity index (χ0n) is 17.4. The molecule has 7 rings (SSSR count). The number of hydrogen-bond acceptors (Lipinski definition) is 3. The molecule has 0 unspecified atom stereocenters. The number of amides is 1. The van der Waals surface area contributed by atoms with E-state index in [2.05, 4.69) is 27.8 Å². The number of fused-ring (bicyclic) bond motifs is 1. The SMILES string of the molecule is CNc1ccc(-c2nc3ccc(NC(=O)C45CC6CC(CC(C6)C4)C5)cc3[nH]2)cc1. The van der Waals surface area contributed by atoms with Gasteiger partial charge in [-0.2, -0.15) is 0 Å². The largest absolute Gasteiger partial charge is 0.388 e. The minimum atomic E-state index is -0.127. The highest BCUT2D eigenvalue weighted by atomic mass is 16.2. The van der Waals surface area contributed by atoms with Crippen LogP contribution in [0.15, 0.2) is 42.5 Å². The minimum Gasteiger partial charge on any atom is -0.388 e. The van der Waals surface area contributed by atoms with Crippen LogP contribution in [0.25, 0.3) is 22.4 Å². The maximum absolute atomic E-state index is 13.3. The van der Waals surface area contributed by atoms with E-state index in [9.17, 15) is 4.79 Å². The Hall–Kier alpha value is -2.82. The van der Waals surface area contributed by atoms with Crippen LogP contribution in [-0.4, -0.2) is 22.9 Å². The third kappa shape index (κ3) is 2.91. The first-order chi connectivity index (χ1) is 14.6. The predicted octanol–water partition coefficient (Wildman–Crippen LogP) is 5.43.